The standard InChI is InChI=1S/C13H17NO3.ClH/c1-16-13(15)12-11(7-8-14-12)17-9-10-5-3-2-4-6-10;/h2-6,11-12,14H,7-9H2,1H3;1H/t11?,12-;/m0./s1. The van der Waals surface area contributed by atoms with Crippen molar-refractivity contribution in [2.24, 2.45) is 0 Å². The molecule has 2 rings (SSSR count). The van der Waals surface area contributed by atoms with Crippen LogP contribution in [0.3, 0.4) is 0 Å². The first-order chi connectivity index (χ1) is 8.31. The van der Waals surface area contributed by atoms with E-state index in [1.165, 1.54) is 7.11 Å². The lowest BCUT2D eigenvalue weighted by molar-refractivity contribution is -0.146. The lowest BCUT2D eigenvalue weighted by Gasteiger charge is -2.17. The van der Waals surface area contributed by atoms with Crippen molar-refractivity contribution in [1.82, 2.24) is 5.32 Å². The molecular formula is C13H18ClNO3. The summed E-state index contributed by atoms with van der Waals surface area (Å²) in [6, 6.07) is 9.61. The van der Waals surface area contributed by atoms with Crippen LogP contribution < -0.4 is 5.32 Å². The number of rotatable bonds is 4. The lowest BCUT2D eigenvalue weighted by Crippen LogP contribution is -2.40. The first kappa shape index (κ1) is 15.0. The highest BCUT2D eigenvalue weighted by Gasteiger charge is 2.34. The largest absolute Gasteiger partial charge is 0.468 e. The van der Waals surface area contributed by atoms with Crippen LogP contribution in [0.25, 0.3) is 0 Å². The van der Waals surface area contributed by atoms with E-state index in [0.717, 1.165) is 18.5 Å². The Bertz CT molecular complexity index is 372. The van der Waals surface area contributed by atoms with Crippen LogP contribution in [-0.4, -0.2) is 31.8 Å². The molecule has 4 nitrogen and oxygen atoms in total. The Morgan fingerprint density at radius 2 is 2.11 bits per heavy atom. The van der Waals surface area contributed by atoms with Gasteiger partial charge in [0.1, 0.15) is 6.04 Å². The van der Waals surface area contributed by atoms with Crippen LogP contribution in [0.5, 0.6) is 0 Å². The maximum atomic E-state index is 11.5. The van der Waals surface area contributed by atoms with Gasteiger partial charge in [-0.25, -0.2) is 0 Å². The highest BCUT2D eigenvalue weighted by Crippen LogP contribution is 2.15. The molecule has 1 unspecified atom stereocenters. The maximum absolute atomic E-state index is 11.5. The number of hydrogen-bond acceptors (Lipinski definition) is 4. The molecule has 1 aromatic rings. The molecule has 0 saturated carbocycles. The molecule has 1 aliphatic rings. The summed E-state index contributed by atoms with van der Waals surface area (Å²) in [5, 5.41) is 3.09. The van der Waals surface area contributed by atoms with E-state index in [4.69, 9.17) is 9.47 Å². The van der Waals surface area contributed by atoms with E-state index in [2.05, 4.69) is 5.32 Å². The van der Waals surface area contributed by atoms with Crippen molar-refractivity contribution in [3.63, 3.8) is 0 Å². The number of esters is 1. The predicted octanol–water partition coefficient (Wildman–Crippen LogP) is 1.53. The lowest BCUT2D eigenvalue weighted by atomic mass is 10.1. The third-order valence-corrected chi connectivity index (χ3v) is 2.93. The number of methoxy groups -OCH3 is 1. The van der Waals surface area contributed by atoms with Crippen LogP contribution in [0.4, 0.5) is 0 Å². The molecular weight excluding hydrogens is 254 g/mol. The summed E-state index contributed by atoms with van der Waals surface area (Å²) in [7, 11) is 1.40. The number of nitrogens with one attached hydrogen (secondary N) is 1. The Morgan fingerprint density at radius 3 is 2.78 bits per heavy atom. The Morgan fingerprint density at radius 1 is 1.39 bits per heavy atom. The first-order valence-corrected chi connectivity index (χ1v) is 5.78. The summed E-state index contributed by atoms with van der Waals surface area (Å²) in [5.41, 5.74) is 1.11. The van der Waals surface area contributed by atoms with Crippen LogP contribution in [0.2, 0.25) is 0 Å². The van der Waals surface area contributed by atoms with E-state index in [1.807, 2.05) is 30.3 Å². The van der Waals surface area contributed by atoms with Gasteiger partial charge in [0.05, 0.1) is 19.8 Å². The zero-order valence-corrected chi connectivity index (χ0v) is 11.1. The van der Waals surface area contributed by atoms with Gasteiger partial charge in [0, 0.05) is 0 Å². The Kier molecular flexibility index (Phi) is 6.12. The molecule has 100 valence electrons. The van der Waals surface area contributed by atoms with Gasteiger partial charge in [0.25, 0.3) is 0 Å². The van der Waals surface area contributed by atoms with Gasteiger partial charge in [-0.15, -0.1) is 12.4 Å². The Hall–Kier alpha value is -1.10. The molecule has 1 aliphatic heterocycles. The van der Waals surface area contributed by atoms with Crippen molar-refractivity contribution >= 4 is 18.4 Å². The van der Waals surface area contributed by atoms with Crippen molar-refractivity contribution in [1.29, 1.82) is 0 Å². The smallest absolute Gasteiger partial charge is 0.325 e. The van der Waals surface area contributed by atoms with E-state index in [9.17, 15) is 4.79 Å². The zero-order chi connectivity index (χ0) is 12.1. The zero-order valence-electron chi connectivity index (χ0n) is 10.3. The minimum atomic E-state index is -0.330. The normalized spacial score (nSPS) is 22.3. The molecule has 1 aromatic carbocycles. The molecule has 1 fully saturated rings. The maximum Gasteiger partial charge on any atom is 0.325 e. The fraction of sp³-hybridized carbons (Fsp3) is 0.462. The summed E-state index contributed by atoms with van der Waals surface area (Å²) in [5.74, 6) is -0.249. The van der Waals surface area contributed by atoms with Gasteiger partial charge in [-0.3, -0.25) is 4.79 Å². The van der Waals surface area contributed by atoms with Crippen LogP contribution in [-0.2, 0) is 20.9 Å². The second kappa shape index (κ2) is 7.36. The van der Waals surface area contributed by atoms with Gasteiger partial charge in [0.15, 0.2) is 0 Å². The highest BCUT2D eigenvalue weighted by atomic mass is 35.5. The molecule has 0 radical (unpaired) electrons. The van der Waals surface area contributed by atoms with Gasteiger partial charge in [0.2, 0.25) is 0 Å². The molecule has 0 amide bonds. The molecule has 2 atom stereocenters. The summed E-state index contributed by atoms with van der Waals surface area (Å²) in [6.45, 7) is 1.32. The molecule has 18 heavy (non-hydrogen) atoms. The Labute approximate surface area is 113 Å². The van der Waals surface area contributed by atoms with Gasteiger partial charge in [-0.2, -0.15) is 0 Å². The van der Waals surface area contributed by atoms with Crippen molar-refractivity contribution in [3.8, 4) is 0 Å². The first-order valence-electron chi connectivity index (χ1n) is 5.78. The van der Waals surface area contributed by atoms with Crippen molar-refractivity contribution in [3.05, 3.63) is 35.9 Å². The fourth-order valence-electron chi connectivity index (χ4n) is 2.00. The van der Waals surface area contributed by atoms with E-state index < -0.39 is 0 Å². The molecule has 1 heterocycles. The number of hydrogen-bond donors (Lipinski definition) is 1. The van der Waals surface area contributed by atoms with E-state index in [0.29, 0.717) is 6.61 Å². The molecule has 0 aliphatic carbocycles. The molecule has 0 bridgehead atoms. The molecule has 0 spiro atoms. The molecule has 5 heteroatoms. The quantitative estimate of drug-likeness (QED) is 0.844. The van der Waals surface area contributed by atoms with Crippen LogP contribution in [0, 0.1) is 0 Å². The molecule has 0 aromatic heterocycles. The Balaban J connectivity index is 0.00000162. The SMILES string of the molecule is COC(=O)[C@H]1NCCC1OCc1ccccc1.Cl. The average molecular weight is 272 g/mol. The van der Waals surface area contributed by atoms with Crippen LogP contribution >= 0.6 is 12.4 Å². The predicted molar refractivity (Wildman–Crippen MR) is 70.7 cm³/mol. The number of carbonyl (C=O) groups is 1. The third kappa shape index (κ3) is 3.70. The second-order valence-corrected chi connectivity index (χ2v) is 4.08. The van der Waals surface area contributed by atoms with Crippen molar-refractivity contribution < 1.29 is 14.3 Å². The van der Waals surface area contributed by atoms with Gasteiger partial charge in [-0.1, -0.05) is 30.3 Å². The van der Waals surface area contributed by atoms with Crippen LogP contribution in [0.15, 0.2) is 30.3 Å². The number of ether oxygens (including phenoxy) is 2. The summed E-state index contributed by atoms with van der Waals surface area (Å²) >= 11 is 0. The van der Waals surface area contributed by atoms with E-state index in [1.54, 1.807) is 0 Å². The van der Waals surface area contributed by atoms with Crippen molar-refractivity contribution in [2.75, 3.05) is 13.7 Å². The molecule has 1 saturated heterocycles. The number of halogens is 1. The molecule has 1 N–H and O–H groups in total. The third-order valence-electron chi connectivity index (χ3n) is 2.93. The highest BCUT2D eigenvalue weighted by molar-refractivity contribution is 5.85. The number of carbonyl (C=O) groups excluding carboxylic acids is 1. The summed E-state index contributed by atoms with van der Waals surface area (Å²) in [4.78, 5) is 11.5. The summed E-state index contributed by atoms with van der Waals surface area (Å²) in [6.07, 6.45) is 0.745. The van der Waals surface area contributed by atoms with Gasteiger partial charge < -0.3 is 14.8 Å². The van der Waals surface area contributed by atoms with Crippen molar-refractivity contribution in [2.45, 2.75) is 25.2 Å². The van der Waals surface area contributed by atoms with Gasteiger partial charge in [-0.05, 0) is 18.5 Å². The monoisotopic (exact) mass is 271 g/mol. The van der Waals surface area contributed by atoms with E-state index >= 15 is 0 Å². The minimum Gasteiger partial charge on any atom is -0.468 e. The van der Waals surface area contributed by atoms with Crippen LogP contribution in [0.1, 0.15) is 12.0 Å². The van der Waals surface area contributed by atoms with Gasteiger partial charge >= 0.3 is 5.97 Å². The second-order valence-electron chi connectivity index (χ2n) is 4.08. The minimum absolute atomic E-state index is 0. The average Bonchev–Trinajstić information content (AvgIpc) is 2.85. The summed E-state index contributed by atoms with van der Waals surface area (Å²) < 4.78 is 10.5. The van der Waals surface area contributed by atoms with E-state index in [-0.39, 0.29) is 30.5 Å². The topological polar surface area (TPSA) is 47.6 Å². The fourth-order valence-corrected chi connectivity index (χ4v) is 2.00. The number of benzene rings is 1.